The van der Waals surface area contributed by atoms with Crippen LogP contribution in [0, 0.1) is 0 Å². The predicted molar refractivity (Wildman–Crippen MR) is 96.0 cm³/mol. The smallest absolute Gasteiger partial charge is 0.319 e. The lowest BCUT2D eigenvalue weighted by Gasteiger charge is -2.29. The second kappa shape index (κ2) is 7.01. The zero-order chi connectivity index (χ0) is 17.2. The number of rotatable bonds is 3. The summed E-state index contributed by atoms with van der Waals surface area (Å²) in [5, 5.41) is 5.90. The quantitative estimate of drug-likeness (QED) is 0.879. The molecular weight excluding hydrogens is 326 g/mol. The molecule has 2 amide bonds. The van der Waals surface area contributed by atoms with Gasteiger partial charge in [0.15, 0.2) is 0 Å². The first kappa shape index (κ1) is 17.1. The Morgan fingerprint density at radius 3 is 2.62 bits per heavy atom. The third kappa shape index (κ3) is 4.01. The van der Waals surface area contributed by atoms with Crippen molar-refractivity contribution in [3.05, 3.63) is 23.8 Å². The van der Waals surface area contributed by atoms with Crippen LogP contribution < -0.4 is 14.9 Å². The predicted octanol–water partition coefficient (Wildman–Crippen LogP) is 2.85. The molecule has 0 bridgehead atoms. The summed E-state index contributed by atoms with van der Waals surface area (Å²) >= 11 is 0. The largest absolute Gasteiger partial charge is 0.335 e. The summed E-state index contributed by atoms with van der Waals surface area (Å²) in [7, 11) is -3.26. The van der Waals surface area contributed by atoms with Crippen molar-refractivity contribution in [2.24, 2.45) is 0 Å². The molecule has 1 aromatic carbocycles. The molecule has 2 aliphatic rings. The van der Waals surface area contributed by atoms with Crippen molar-refractivity contribution in [2.45, 2.75) is 51.0 Å². The standard InChI is InChI=1S/C17H25N3O3S/c1-24(22,23)20-11-5-6-13-12-15(9-10-16(13)20)19-17(21)18-14-7-3-2-4-8-14/h9-10,12,14H,2-8,11H2,1H3,(H2,18,19,21). The van der Waals surface area contributed by atoms with E-state index in [9.17, 15) is 13.2 Å². The normalized spacial score (nSPS) is 18.8. The van der Waals surface area contributed by atoms with Gasteiger partial charge in [0.05, 0.1) is 11.9 Å². The molecule has 1 heterocycles. The molecule has 0 spiro atoms. The Hall–Kier alpha value is -1.76. The first-order valence-electron chi connectivity index (χ1n) is 8.61. The number of nitrogens with one attached hydrogen (secondary N) is 2. The minimum Gasteiger partial charge on any atom is -0.335 e. The molecule has 0 atom stereocenters. The van der Waals surface area contributed by atoms with E-state index in [0.717, 1.165) is 36.9 Å². The molecule has 0 radical (unpaired) electrons. The summed E-state index contributed by atoms with van der Waals surface area (Å²) in [5.41, 5.74) is 2.39. The average Bonchev–Trinajstić information content (AvgIpc) is 2.54. The van der Waals surface area contributed by atoms with Crippen molar-refractivity contribution in [3.8, 4) is 0 Å². The molecule has 0 unspecified atom stereocenters. The molecule has 6 nitrogen and oxygen atoms in total. The second-order valence-electron chi connectivity index (χ2n) is 6.72. The minimum atomic E-state index is -3.26. The highest BCUT2D eigenvalue weighted by atomic mass is 32.2. The van der Waals surface area contributed by atoms with Gasteiger partial charge in [-0.2, -0.15) is 0 Å². The number of urea groups is 1. The van der Waals surface area contributed by atoms with Crippen LogP contribution in [0.3, 0.4) is 0 Å². The van der Waals surface area contributed by atoms with Gasteiger partial charge >= 0.3 is 6.03 Å². The molecule has 132 valence electrons. The van der Waals surface area contributed by atoms with Gasteiger partial charge in [-0.15, -0.1) is 0 Å². The van der Waals surface area contributed by atoms with E-state index in [1.54, 1.807) is 12.1 Å². The van der Waals surface area contributed by atoms with E-state index in [0.29, 0.717) is 12.2 Å². The maximum Gasteiger partial charge on any atom is 0.319 e. The highest BCUT2D eigenvalue weighted by molar-refractivity contribution is 7.92. The zero-order valence-electron chi connectivity index (χ0n) is 14.0. The van der Waals surface area contributed by atoms with Crippen molar-refractivity contribution in [1.82, 2.24) is 5.32 Å². The van der Waals surface area contributed by atoms with Crippen LogP contribution in [-0.2, 0) is 16.4 Å². The molecule has 0 saturated heterocycles. The Kier molecular flexibility index (Phi) is 4.99. The minimum absolute atomic E-state index is 0.183. The van der Waals surface area contributed by atoms with Crippen LogP contribution >= 0.6 is 0 Å². The number of carbonyl (C=O) groups excluding carboxylic acids is 1. The number of nitrogens with zero attached hydrogens (tertiary/aromatic N) is 1. The van der Waals surface area contributed by atoms with E-state index in [4.69, 9.17) is 0 Å². The number of amides is 2. The molecule has 3 rings (SSSR count). The van der Waals surface area contributed by atoms with Crippen LogP contribution in [0.4, 0.5) is 16.2 Å². The van der Waals surface area contributed by atoms with Crippen molar-refractivity contribution in [2.75, 3.05) is 22.4 Å². The van der Waals surface area contributed by atoms with E-state index >= 15 is 0 Å². The Labute approximate surface area is 143 Å². The number of hydrogen-bond donors (Lipinski definition) is 2. The Morgan fingerprint density at radius 1 is 1.17 bits per heavy atom. The lowest BCUT2D eigenvalue weighted by Crippen LogP contribution is -2.39. The van der Waals surface area contributed by atoms with Gasteiger partial charge in [0.1, 0.15) is 0 Å². The van der Waals surface area contributed by atoms with E-state index in [1.165, 1.54) is 29.8 Å². The molecular formula is C17H25N3O3S. The van der Waals surface area contributed by atoms with Gasteiger partial charge in [0.25, 0.3) is 0 Å². The highest BCUT2D eigenvalue weighted by Gasteiger charge is 2.24. The average molecular weight is 351 g/mol. The van der Waals surface area contributed by atoms with Gasteiger partial charge in [0, 0.05) is 18.3 Å². The molecule has 1 saturated carbocycles. The molecule has 2 N–H and O–H groups in total. The number of sulfonamides is 1. The third-order valence-electron chi connectivity index (χ3n) is 4.75. The zero-order valence-corrected chi connectivity index (χ0v) is 14.9. The van der Waals surface area contributed by atoms with Crippen molar-refractivity contribution in [3.63, 3.8) is 0 Å². The Balaban J connectivity index is 1.68. The first-order valence-corrected chi connectivity index (χ1v) is 10.5. The van der Waals surface area contributed by atoms with Gasteiger partial charge in [-0.1, -0.05) is 19.3 Å². The van der Waals surface area contributed by atoms with Gasteiger partial charge < -0.3 is 10.6 Å². The Bertz CT molecular complexity index is 712. The van der Waals surface area contributed by atoms with E-state index in [1.807, 2.05) is 6.07 Å². The van der Waals surface area contributed by atoms with Crippen molar-refractivity contribution >= 4 is 27.4 Å². The van der Waals surface area contributed by atoms with Crippen LogP contribution in [0.2, 0.25) is 0 Å². The molecule has 1 aromatic rings. The van der Waals surface area contributed by atoms with E-state index in [-0.39, 0.29) is 12.1 Å². The monoisotopic (exact) mass is 351 g/mol. The van der Waals surface area contributed by atoms with Crippen molar-refractivity contribution < 1.29 is 13.2 Å². The highest BCUT2D eigenvalue weighted by Crippen LogP contribution is 2.31. The number of fused-ring (bicyclic) bond motifs is 1. The topological polar surface area (TPSA) is 78.5 Å². The summed E-state index contributed by atoms with van der Waals surface area (Å²) in [4.78, 5) is 12.1. The number of hydrogen-bond acceptors (Lipinski definition) is 3. The summed E-state index contributed by atoms with van der Waals surface area (Å²) in [6.07, 6.45) is 8.52. The number of anilines is 2. The molecule has 7 heteroatoms. The summed E-state index contributed by atoms with van der Waals surface area (Å²) < 4.78 is 25.2. The van der Waals surface area contributed by atoms with E-state index in [2.05, 4.69) is 10.6 Å². The van der Waals surface area contributed by atoms with E-state index < -0.39 is 10.0 Å². The number of aryl methyl sites for hydroxylation is 1. The maximum absolute atomic E-state index is 12.1. The first-order chi connectivity index (χ1) is 11.4. The summed E-state index contributed by atoms with van der Waals surface area (Å²) in [6.45, 7) is 0.515. The fourth-order valence-electron chi connectivity index (χ4n) is 3.58. The van der Waals surface area contributed by atoms with Gasteiger partial charge in [-0.05, 0) is 49.4 Å². The SMILES string of the molecule is CS(=O)(=O)N1CCCc2cc(NC(=O)NC3CCCCC3)ccc21. The molecule has 24 heavy (non-hydrogen) atoms. The fraction of sp³-hybridized carbons (Fsp3) is 0.588. The fourth-order valence-corrected chi connectivity index (χ4v) is 4.58. The Morgan fingerprint density at radius 2 is 1.92 bits per heavy atom. The maximum atomic E-state index is 12.1. The summed E-state index contributed by atoms with van der Waals surface area (Å²) in [5.74, 6) is 0. The van der Waals surface area contributed by atoms with Crippen LogP contribution in [0.25, 0.3) is 0 Å². The van der Waals surface area contributed by atoms with Gasteiger partial charge in [-0.3, -0.25) is 4.31 Å². The van der Waals surface area contributed by atoms with Crippen LogP contribution in [0.5, 0.6) is 0 Å². The second-order valence-corrected chi connectivity index (χ2v) is 8.62. The van der Waals surface area contributed by atoms with Crippen molar-refractivity contribution in [1.29, 1.82) is 0 Å². The number of benzene rings is 1. The molecule has 0 aromatic heterocycles. The third-order valence-corrected chi connectivity index (χ3v) is 5.93. The van der Waals surface area contributed by atoms with Gasteiger partial charge in [0.2, 0.25) is 10.0 Å². The lowest BCUT2D eigenvalue weighted by atomic mass is 9.96. The number of carbonyl (C=O) groups is 1. The van der Waals surface area contributed by atoms with Gasteiger partial charge in [-0.25, -0.2) is 13.2 Å². The summed E-state index contributed by atoms with van der Waals surface area (Å²) in [6, 6.07) is 5.51. The van der Waals surface area contributed by atoms with Crippen LogP contribution in [0.1, 0.15) is 44.1 Å². The van der Waals surface area contributed by atoms with Crippen LogP contribution in [-0.4, -0.2) is 33.3 Å². The lowest BCUT2D eigenvalue weighted by molar-refractivity contribution is 0.244. The van der Waals surface area contributed by atoms with Crippen LogP contribution in [0.15, 0.2) is 18.2 Å². The molecule has 1 aliphatic carbocycles. The molecule has 1 aliphatic heterocycles. The molecule has 1 fully saturated rings.